The van der Waals surface area contributed by atoms with Gasteiger partial charge in [-0.1, -0.05) is 0 Å². The van der Waals surface area contributed by atoms with Gasteiger partial charge < -0.3 is 9.64 Å². The second kappa shape index (κ2) is 5.23. The summed E-state index contributed by atoms with van der Waals surface area (Å²) in [4.78, 5) is 31.3. The second-order valence-electron chi connectivity index (χ2n) is 5.74. The summed E-state index contributed by atoms with van der Waals surface area (Å²) in [6.07, 6.45) is 1.45. The van der Waals surface area contributed by atoms with E-state index < -0.39 is 0 Å². The van der Waals surface area contributed by atoms with Crippen molar-refractivity contribution < 1.29 is 9.53 Å². The minimum absolute atomic E-state index is 0.0215. The zero-order chi connectivity index (χ0) is 15.0. The molecule has 0 bridgehead atoms. The molecule has 1 amide bonds. The monoisotopic (exact) mass is 307 g/mol. The number of aromatic nitrogens is 2. The molecule has 0 atom stereocenters. The largest absolute Gasteiger partial charge is 0.372 e. The third-order valence-corrected chi connectivity index (χ3v) is 4.36. The van der Waals surface area contributed by atoms with Crippen LogP contribution < -0.4 is 5.56 Å². The topological polar surface area (TPSA) is 64.4 Å². The summed E-state index contributed by atoms with van der Waals surface area (Å²) in [5.41, 5.74) is -0.504. The van der Waals surface area contributed by atoms with Gasteiger partial charge in [-0.15, -0.1) is 11.3 Å². The lowest BCUT2D eigenvalue weighted by atomic mass is 10.1. The van der Waals surface area contributed by atoms with Crippen LogP contribution in [0, 0.1) is 0 Å². The molecule has 1 aliphatic rings. The molecule has 3 heterocycles. The smallest absolute Gasteiger partial charge is 0.262 e. The number of carbonyl (C=O) groups is 1. The first-order valence-electron chi connectivity index (χ1n) is 6.81. The lowest BCUT2D eigenvalue weighted by molar-refractivity contribution is -0.146. The van der Waals surface area contributed by atoms with Gasteiger partial charge in [0.05, 0.1) is 23.9 Å². The van der Waals surface area contributed by atoms with Gasteiger partial charge in [0.15, 0.2) is 0 Å². The van der Waals surface area contributed by atoms with Crippen molar-refractivity contribution in [3.8, 4) is 0 Å². The molecular weight excluding hydrogens is 290 g/mol. The van der Waals surface area contributed by atoms with E-state index in [-0.39, 0.29) is 23.6 Å². The van der Waals surface area contributed by atoms with Crippen LogP contribution in [0.4, 0.5) is 0 Å². The van der Waals surface area contributed by atoms with E-state index in [4.69, 9.17) is 4.74 Å². The molecule has 6 nitrogen and oxygen atoms in total. The molecule has 0 radical (unpaired) electrons. The molecule has 112 valence electrons. The fourth-order valence-electron chi connectivity index (χ4n) is 2.48. The Morgan fingerprint density at radius 3 is 3.10 bits per heavy atom. The maximum atomic E-state index is 12.4. The van der Waals surface area contributed by atoms with Crippen molar-refractivity contribution in [1.29, 1.82) is 0 Å². The molecule has 3 rings (SSSR count). The number of hydrogen-bond acceptors (Lipinski definition) is 5. The third-order valence-electron chi connectivity index (χ3n) is 3.53. The highest BCUT2D eigenvalue weighted by Crippen LogP contribution is 2.17. The van der Waals surface area contributed by atoms with E-state index in [0.29, 0.717) is 29.9 Å². The molecule has 0 unspecified atom stereocenters. The first-order chi connectivity index (χ1) is 9.96. The number of nitrogens with zero attached hydrogens (tertiary/aromatic N) is 3. The highest BCUT2D eigenvalue weighted by Gasteiger charge is 2.30. The van der Waals surface area contributed by atoms with Crippen molar-refractivity contribution in [2.45, 2.75) is 26.0 Å². The lowest BCUT2D eigenvalue weighted by Gasteiger charge is -2.38. The SMILES string of the molecule is CC1(C)CN(C(=O)Cn2cnc3sccc3c2=O)CCO1. The second-order valence-corrected chi connectivity index (χ2v) is 6.64. The van der Waals surface area contributed by atoms with E-state index in [1.807, 2.05) is 19.2 Å². The number of fused-ring (bicyclic) bond motifs is 1. The first kappa shape index (κ1) is 14.2. The molecule has 7 heteroatoms. The third kappa shape index (κ3) is 2.84. The summed E-state index contributed by atoms with van der Waals surface area (Å²) in [5, 5.41) is 2.40. The molecule has 2 aromatic rings. The quantitative estimate of drug-likeness (QED) is 0.833. The molecule has 0 aliphatic carbocycles. The van der Waals surface area contributed by atoms with Gasteiger partial charge in [0, 0.05) is 13.1 Å². The van der Waals surface area contributed by atoms with Crippen LogP contribution in [0.1, 0.15) is 13.8 Å². The van der Waals surface area contributed by atoms with Crippen molar-refractivity contribution in [2.24, 2.45) is 0 Å². The molecule has 2 aromatic heterocycles. The Labute approximate surface area is 126 Å². The van der Waals surface area contributed by atoms with Crippen LogP contribution in [-0.2, 0) is 16.1 Å². The molecule has 1 aliphatic heterocycles. The Kier molecular flexibility index (Phi) is 3.54. The Hall–Kier alpha value is -1.73. The minimum atomic E-state index is -0.339. The molecule has 0 N–H and O–H groups in total. The zero-order valence-corrected chi connectivity index (χ0v) is 12.9. The summed E-state index contributed by atoms with van der Waals surface area (Å²) >= 11 is 1.42. The Balaban J connectivity index is 1.80. The Morgan fingerprint density at radius 1 is 1.52 bits per heavy atom. The number of hydrogen-bond donors (Lipinski definition) is 0. The van der Waals surface area contributed by atoms with Gasteiger partial charge >= 0.3 is 0 Å². The van der Waals surface area contributed by atoms with Gasteiger partial charge in [0.1, 0.15) is 11.4 Å². The van der Waals surface area contributed by atoms with Crippen molar-refractivity contribution in [3.05, 3.63) is 28.1 Å². The number of thiophene rings is 1. The van der Waals surface area contributed by atoms with Gasteiger partial charge in [0.25, 0.3) is 5.56 Å². The lowest BCUT2D eigenvalue weighted by Crippen LogP contribution is -2.51. The average molecular weight is 307 g/mol. The van der Waals surface area contributed by atoms with Crippen LogP contribution in [0.15, 0.2) is 22.6 Å². The number of carbonyl (C=O) groups excluding carboxylic acids is 1. The predicted molar refractivity (Wildman–Crippen MR) is 80.5 cm³/mol. The van der Waals surface area contributed by atoms with Crippen LogP contribution in [0.2, 0.25) is 0 Å². The van der Waals surface area contributed by atoms with Gasteiger partial charge in [-0.05, 0) is 25.3 Å². The summed E-state index contributed by atoms with van der Waals surface area (Å²) < 4.78 is 6.97. The van der Waals surface area contributed by atoms with Crippen molar-refractivity contribution in [1.82, 2.24) is 14.5 Å². The predicted octanol–water partition coefficient (Wildman–Crippen LogP) is 1.10. The Morgan fingerprint density at radius 2 is 2.33 bits per heavy atom. The van der Waals surface area contributed by atoms with Crippen molar-refractivity contribution in [2.75, 3.05) is 19.7 Å². The molecule has 0 aromatic carbocycles. The Bertz CT molecular complexity index is 734. The molecule has 1 fully saturated rings. The maximum Gasteiger partial charge on any atom is 0.262 e. The molecular formula is C14H17N3O3S. The number of amides is 1. The van der Waals surface area contributed by atoms with Crippen LogP contribution in [0.25, 0.3) is 10.2 Å². The standard InChI is InChI=1S/C14H17N3O3S/c1-14(2)8-16(4-5-20-14)11(18)7-17-9-15-12-10(13(17)19)3-6-21-12/h3,6,9H,4-5,7-8H2,1-2H3. The van der Waals surface area contributed by atoms with Crippen LogP contribution >= 0.6 is 11.3 Å². The summed E-state index contributed by atoms with van der Waals surface area (Å²) in [5.74, 6) is -0.0788. The van der Waals surface area contributed by atoms with Crippen molar-refractivity contribution >= 4 is 27.5 Å². The van der Waals surface area contributed by atoms with E-state index in [0.717, 1.165) is 0 Å². The average Bonchev–Trinajstić information content (AvgIpc) is 2.90. The summed E-state index contributed by atoms with van der Waals surface area (Å²) in [7, 11) is 0. The molecule has 0 saturated carbocycles. The van der Waals surface area contributed by atoms with Crippen LogP contribution in [-0.4, -0.2) is 45.7 Å². The van der Waals surface area contributed by atoms with Crippen LogP contribution in [0.5, 0.6) is 0 Å². The number of rotatable bonds is 2. The highest BCUT2D eigenvalue weighted by molar-refractivity contribution is 7.16. The number of morpholine rings is 1. The van der Waals surface area contributed by atoms with Gasteiger partial charge in [-0.3, -0.25) is 14.2 Å². The van der Waals surface area contributed by atoms with E-state index in [1.54, 1.807) is 11.0 Å². The maximum absolute atomic E-state index is 12.4. The normalized spacial score (nSPS) is 18.1. The summed E-state index contributed by atoms with van der Waals surface area (Å²) in [6, 6.07) is 1.74. The fraction of sp³-hybridized carbons (Fsp3) is 0.500. The molecule has 1 saturated heterocycles. The summed E-state index contributed by atoms with van der Waals surface area (Å²) in [6.45, 7) is 5.55. The van der Waals surface area contributed by atoms with Gasteiger partial charge in [-0.25, -0.2) is 4.98 Å². The van der Waals surface area contributed by atoms with E-state index in [9.17, 15) is 9.59 Å². The van der Waals surface area contributed by atoms with Crippen molar-refractivity contribution in [3.63, 3.8) is 0 Å². The molecule has 0 spiro atoms. The van der Waals surface area contributed by atoms with Gasteiger partial charge in [-0.2, -0.15) is 0 Å². The minimum Gasteiger partial charge on any atom is -0.372 e. The molecule has 21 heavy (non-hydrogen) atoms. The van der Waals surface area contributed by atoms with E-state index >= 15 is 0 Å². The number of ether oxygens (including phenoxy) is 1. The van der Waals surface area contributed by atoms with Gasteiger partial charge in [0.2, 0.25) is 5.91 Å². The van der Waals surface area contributed by atoms with E-state index in [1.165, 1.54) is 22.2 Å². The first-order valence-corrected chi connectivity index (χ1v) is 7.69. The fourth-order valence-corrected chi connectivity index (χ4v) is 3.20. The zero-order valence-electron chi connectivity index (χ0n) is 12.0. The van der Waals surface area contributed by atoms with Crippen LogP contribution in [0.3, 0.4) is 0 Å². The van der Waals surface area contributed by atoms with E-state index in [2.05, 4.69) is 4.98 Å². The highest BCUT2D eigenvalue weighted by atomic mass is 32.1.